The first-order valence-electron chi connectivity index (χ1n) is 4.62. The maximum atomic E-state index is 10.8. The average molecular weight is 187 g/mol. The molecule has 0 saturated carbocycles. The van der Waals surface area contributed by atoms with Gasteiger partial charge in [0.25, 0.3) is 0 Å². The van der Waals surface area contributed by atoms with Gasteiger partial charge in [-0.25, -0.2) is 0 Å². The van der Waals surface area contributed by atoms with Crippen LogP contribution in [-0.2, 0) is 4.79 Å². The van der Waals surface area contributed by atoms with Gasteiger partial charge in [-0.2, -0.15) is 0 Å². The van der Waals surface area contributed by atoms with E-state index in [2.05, 4.69) is 0 Å². The molecule has 3 heteroatoms. The summed E-state index contributed by atoms with van der Waals surface area (Å²) in [6.07, 6.45) is 0.0220. The standard InChI is InChI=1S/C10H21NO2/c1-7(2)10(13,6-8(11)12)9(3,4)5/h7,13H,6H2,1-5H3,(H2,11,12). The van der Waals surface area contributed by atoms with Gasteiger partial charge in [0.05, 0.1) is 12.0 Å². The second-order valence-corrected chi connectivity index (χ2v) is 4.97. The van der Waals surface area contributed by atoms with Crippen LogP contribution < -0.4 is 5.73 Å². The van der Waals surface area contributed by atoms with Gasteiger partial charge in [-0.15, -0.1) is 0 Å². The van der Waals surface area contributed by atoms with Gasteiger partial charge in [-0.3, -0.25) is 4.79 Å². The predicted octanol–water partition coefficient (Wildman–Crippen LogP) is 1.29. The van der Waals surface area contributed by atoms with Crippen molar-refractivity contribution in [3.8, 4) is 0 Å². The molecular weight excluding hydrogens is 166 g/mol. The minimum Gasteiger partial charge on any atom is -0.389 e. The molecule has 13 heavy (non-hydrogen) atoms. The zero-order chi connectivity index (χ0) is 10.9. The Morgan fingerprint density at radius 2 is 1.77 bits per heavy atom. The van der Waals surface area contributed by atoms with E-state index in [1.807, 2.05) is 34.6 Å². The molecule has 1 unspecified atom stereocenters. The minimum atomic E-state index is -1.02. The number of carbonyl (C=O) groups excluding carboxylic acids is 1. The van der Waals surface area contributed by atoms with Gasteiger partial charge in [0, 0.05) is 0 Å². The van der Waals surface area contributed by atoms with Crippen molar-refractivity contribution in [2.75, 3.05) is 0 Å². The highest BCUT2D eigenvalue weighted by Crippen LogP contribution is 2.38. The maximum absolute atomic E-state index is 10.8. The number of hydrogen-bond acceptors (Lipinski definition) is 2. The molecule has 0 rings (SSSR count). The molecule has 0 radical (unpaired) electrons. The van der Waals surface area contributed by atoms with Gasteiger partial charge < -0.3 is 10.8 Å². The van der Waals surface area contributed by atoms with Crippen molar-refractivity contribution < 1.29 is 9.90 Å². The van der Waals surface area contributed by atoms with Crippen LogP contribution >= 0.6 is 0 Å². The zero-order valence-electron chi connectivity index (χ0n) is 9.22. The van der Waals surface area contributed by atoms with Gasteiger partial charge in [-0.1, -0.05) is 34.6 Å². The van der Waals surface area contributed by atoms with E-state index >= 15 is 0 Å². The Hall–Kier alpha value is -0.570. The number of amides is 1. The predicted molar refractivity (Wildman–Crippen MR) is 53.1 cm³/mol. The highest BCUT2D eigenvalue weighted by molar-refractivity contribution is 5.75. The largest absolute Gasteiger partial charge is 0.389 e. The Morgan fingerprint density at radius 1 is 1.38 bits per heavy atom. The highest BCUT2D eigenvalue weighted by Gasteiger charge is 2.43. The molecule has 0 aliphatic heterocycles. The molecule has 0 spiro atoms. The molecule has 0 aromatic rings. The lowest BCUT2D eigenvalue weighted by molar-refractivity contribution is -0.137. The fraction of sp³-hybridized carbons (Fsp3) is 0.900. The van der Waals surface area contributed by atoms with E-state index < -0.39 is 11.5 Å². The molecule has 0 fully saturated rings. The molecule has 78 valence electrons. The van der Waals surface area contributed by atoms with E-state index in [1.54, 1.807) is 0 Å². The fourth-order valence-electron chi connectivity index (χ4n) is 1.60. The van der Waals surface area contributed by atoms with Crippen LogP contribution in [0.25, 0.3) is 0 Å². The summed E-state index contributed by atoms with van der Waals surface area (Å²) in [6, 6.07) is 0. The van der Waals surface area contributed by atoms with Crippen LogP contribution in [0.2, 0.25) is 0 Å². The number of primary amides is 1. The van der Waals surface area contributed by atoms with Crippen LogP contribution in [0.5, 0.6) is 0 Å². The summed E-state index contributed by atoms with van der Waals surface area (Å²) in [4.78, 5) is 10.8. The van der Waals surface area contributed by atoms with Crippen molar-refractivity contribution >= 4 is 5.91 Å². The number of rotatable bonds is 3. The van der Waals surface area contributed by atoms with Gasteiger partial charge in [0.1, 0.15) is 0 Å². The number of hydrogen-bond donors (Lipinski definition) is 2. The zero-order valence-corrected chi connectivity index (χ0v) is 9.22. The number of carbonyl (C=O) groups is 1. The molecule has 3 N–H and O–H groups in total. The fourth-order valence-corrected chi connectivity index (χ4v) is 1.60. The Kier molecular flexibility index (Phi) is 3.50. The van der Waals surface area contributed by atoms with Crippen LogP contribution in [0.4, 0.5) is 0 Å². The number of nitrogens with two attached hydrogens (primary N) is 1. The van der Waals surface area contributed by atoms with E-state index in [1.165, 1.54) is 0 Å². The van der Waals surface area contributed by atoms with Crippen LogP contribution in [0, 0.1) is 11.3 Å². The van der Waals surface area contributed by atoms with E-state index in [0.29, 0.717) is 0 Å². The topological polar surface area (TPSA) is 63.3 Å². The molecule has 1 amide bonds. The molecule has 1 atom stereocenters. The summed E-state index contributed by atoms with van der Waals surface area (Å²) in [5.41, 5.74) is 3.76. The molecule has 0 aromatic carbocycles. The normalized spacial score (nSPS) is 17.2. The van der Waals surface area contributed by atoms with Gasteiger partial charge in [0.2, 0.25) is 5.91 Å². The smallest absolute Gasteiger partial charge is 0.220 e. The first kappa shape index (κ1) is 12.4. The third kappa shape index (κ3) is 2.69. The molecule has 0 aromatic heterocycles. The van der Waals surface area contributed by atoms with Crippen LogP contribution in [0.15, 0.2) is 0 Å². The quantitative estimate of drug-likeness (QED) is 0.699. The van der Waals surface area contributed by atoms with Gasteiger partial charge in [0.15, 0.2) is 0 Å². The third-order valence-electron chi connectivity index (χ3n) is 2.70. The molecular formula is C10H21NO2. The van der Waals surface area contributed by atoms with Crippen LogP contribution in [0.1, 0.15) is 41.0 Å². The Bertz CT molecular complexity index is 194. The van der Waals surface area contributed by atoms with Crippen molar-refractivity contribution in [2.24, 2.45) is 17.1 Å². The van der Waals surface area contributed by atoms with Crippen molar-refractivity contribution in [3.05, 3.63) is 0 Å². The second-order valence-electron chi connectivity index (χ2n) is 4.97. The van der Waals surface area contributed by atoms with Gasteiger partial charge in [-0.05, 0) is 11.3 Å². The van der Waals surface area contributed by atoms with E-state index in [-0.39, 0.29) is 17.8 Å². The Morgan fingerprint density at radius 3 is 1.85 bits per heavy atom. The summed E-state index contributed by atoms with van der Waals surface area (Å²) in [5, 5.41) is 10.3. The Balaban J connectivity index is 4.85. The average Bonchev–Trinajstić information content (AvgIpc) is 1.82. The van der Waals surface area contributed by atoms with Crippen molar-refractivity contribution in [1.29, 1.82) is 0 Å². The summed E-state index contributed by atoms with van der Waals surface area (Å²) in [6.45, 7) is 9.53. The summed E-state index contributed by atoms with van der Waals surface area (Å²) in [5.74, 6) is -0.439. The lowest BCUT2D eigenvalue weighted by Gasteiger charge is -2.43. The molecule has 0 heterocycles. The SMILES string of the molecule is CC(C)C(O)(CC(N)=O)C(C)(C)C. The summed E-state index contributed by atoms with van der Waals surface area (Å²) < 4.78 is 0. The summed E-state index contributed by atoms with van der Waals surface area (Å²) in [7, 11) is 0. The number of aliphatic hydroxyl groups is 1. The molecule has 0 bridgehead atoms. The van der Waals surface area contributed by atoms with Crippen molar-refractivity contribution in [1.82, 2.24) is 0 Å². The lowest BCUT2D eigenvalue weighted by atomic mass is 9.68. The van der Waals surface area contributed by atoms with Crippen LogP contribution in [-0.4, -0.2) is 16.6 Å². The van der Waals surface area contributed by atoms with E-state index in [0.717, 1.165) is 0 Å². The molecule has 0 aliphatic carbocycles. The van der Waals surface area contributed by atoms with Crippen molar-refractivity contribution in [2.45, 2.75) is 46.6 Å². The highest BCUT2D eigenvalue weighted by atomic mass is 16.3. The summed E-state index contributed by atoms with van der Waals surface area (Å²) >= 11 is 0. The third-order valence-corrected chi connectivity index (χ3v) is 2.70. The molecule has 3 nitrogen and oxygen atoms in total. The monoisotopic (exact) mass is 187 g/mol. The van der Waals surface area contributed by atoms with E-state index in [9.17, 15) is 9.90 Å². The van der Waals surface area contributed by atoms with Gasteiger partial charge >= 0.3 is 0 Å². The maximum Gasteiger partial charge on any atom is 0.220 e. The van der Waals surface area contributed by atoms with Crippen molar-refractivity contribution in [3.63, 3.8) is 0 Å². The first-order chi connectivity index (χ1) is 5.61. The Labute approximate surface area is 80.3 Å². The first-order valence-corrected chi connectivity index (χ1v) is 4.62. The molecule has 0 saturated heterocycles. The second kappa shape index (κ2) is 3.66. The molecule has 0 aliphatic rings. The van der Waals surface area contributed by atoms with Crippen LogP contribution in [0.3, 0.4) is 0 Å². The lowest BCUT2D eigenvalue weighted by Crippen LogP contribution is -2.50. The minimum absolute atomic E-state index is 0.0139. The van der Waals surface area contributed by atoms with E-state index in [4.69, 9.17) is 5.73 Å².